The topological polar surface area (TPSA) is 21.7 Å². The molecule has 0 radical (unpaired) electrons. The predicted molar refractivity (Wildman–Crippen MR) is 79.8 cm³/mol. The first-order chi connectivity index (χ1) is 9.36. The molecule has 0 atom stereocenters. The van der Waals surface area contributed by atoms with Gasteiger partial charge < -0.3 is 9.47 Å². The van der Waals surface area contributed by atoms with Gasteiger partial charge in [-0.3, -0.25) is 4.90 Å². The van der Waals surface area contributed by atoms with E-state index >= 15 is 0 Å². The number of halogens is 1. The van der Waals surface area contributed by atoms with Crippen LogP contribution in [0.5, 0.6) is 0 Å². The van der Waals surface area contributed by atoms with Crippen molar-refractivity contribution in [3.63, 3.8) is 0 Å². The summed E-state index contributed by atoms with van der Waals surface area (Å²) in [5.41, 5.74) is 1.33. The first-order valence-corrected chi connectivity index (χ1v) is 7.29. The van der Waals surface area contributed by atoms with Gasteiger partial charge in [0.2, 0.25) is 0 Å². The van der Waals surface area contributed by atoms with Crippen LogP contribution in [0.15, 0.2) is 30.3 Å². The van der Waals surface area contributed by atoms with Gasteiger partial charge in [0.15, 0.2) is 0 Å². The molecule has 0 spiro atoms. The van der Waals surface area contributed by atoms with E-state index in [0.29, 0.717) is 19.1 Å². The van der Waals surface area contributed by atoms with Crippen LogP contribution in [0.4, 0.5) is 0 Å². The van der Waals surface area contributed by atoms with Crippen molar-refractivity contribution in [2.24, 2.45) is 0 Å². The number of hydrogen-bond acceptors (Lipinski definition) is 3. The zero-order valence-electron chi connectivity index (χ0n) is 11.7. The summed E-state index contributed by atoms with van der Waals surface area (Å²) in [6.45, 7) is 4.98. The number of ether oxygens (including phenoxy) is 2. The van der Waals surface area contributed by atoms with E-state index in [1.54, 1.807) is 7.11 Å². The first-order valence-electron chi connectivity index (χ1n) is 6.75. The zero-order chi connectivity index (χ0) is 13.8. The summed E-state index contributed by atoms with van der Waals surface area (Å²) in [4.78, 5) is 2.36. The molecule has 0 aromatic heterocycles. The summed E-state index contributed by atoms with van der Waals surface area (Å²) < 4.78 is 10.4. The third kappa shape index (κ3) is 8.22. The number of nitrogens with zero attached hydrogens (tertiary/aromatic N) is 1. The maximum Gasteiger partial charge on any atom is 0.0700 e. The molecule has 0 aliphatic rings. The van der Waals surface area contributed by atoms with E-state index in [0.717, 1.165) is 32.7 Å². The fourth-order valence-electron chi connectivity index (χ4n) is 1.87. The number of hydrogen-bond donors (Lipinski definition) is 0. The van der Waals surface area contributed by atoms with Crippen LogP contribution in [0.25, 0.3) is 0 Å². The summed E-state index contributed by atoms with van der Waals surface area (Å²) in [7, 11) is 1.69. The Kier molecular flexibility index (Phi) is 9.72. The number of rotatable bonds is 11. The highest BCUT2D eigenvalue weighted by Crippen LogP contribution is 2.05. The molecule has 0 aliphatic carbocycles. The normalized spacial score (nSPS) is 11.1. The third-order valence-electron chi connectivity index (χ3n) is 2.84. The van der Waals surface area contributed by atoms with Gasteiger partial charge in [0.1, 0.15) is 0 Å². The lowest BCUT2D eigenvalue weighted by molar-refractivity contribution is 0.0651. The second-order valence-electron chi connectivity index (χ2n) is 4.41. The van der Waals surface area contributed by atoms with Gasteiger partial charge in [-0.05, 0) is 12.0 Å². The Balaban J connectivity index is 2.21. The van der Waals surface area contributed by atoms with Gasteiger partial charge in [0.25, 0.3) is 0 Å². The molecule has 19 heavy (non-hydrogen) atoms. The average molecular weight is 286 g/mol. The maximum absolute atomic E-state index is 5.85. The predicted octanol–water partition coefficient (Wildman–Crippen LogP) is 2.78. The Bertz CT molecular complexity index is 308. The first kappa shape index (κ1) is 16.4. The lowest BCUT2D eigenvalue weighted by Crippen LogP contribution is -2.27. The molecule has 0 amide bonds. The zero-order valence-corrected chi connectivity index (χ0v) is 12.4. The minimum absolute atomic E-state index is 0.662. The van der Waals surface area contributed by atoms with Crippen LogP contribution in [0.1, 0.15) is 12.0 Å². The van der Waals surface area contributed by atoms with E-state index in [1.807, 2.05) is 6.07 Å². The maximum atomic E-state index is 5.85. The van der Waals surface area contributed by atoms with Crippen LogP contribution in [0.2, 0.25) is 0 Å². The van der Waals surface area contributed by atoms with Crippen molar-refractivity contribution in [2.45, 2.75) is 13.0 Å². The van der Waals surface area contributed by atoms with Crippen molar-refractivity contribution >= 4 is 11.6 Å². The van der Waals surface area contributed by atoms with Gasteiger partial charge in [-0.25, -0.2) is 0 Å². The van der Waals surface area contributed by atoms with Crippen LogP contribution >= 0.6 is 11.6 Å². The van der Waals surface area contributed by atoms with E-state index < -0.39 is 0 Å². The Morgan fingerprint density at radius 1 is 1.05 bits per heavy atom. The third-order valence-corrected chi connectivity index (χ3v) is 3.01. The molecule has 108 valence electrons. The lowest BCUT2D eigenvalue weighted by atomic mass is 10.2. The molecule has 1 aromatic rings. The van der Waals surface area contributed by atoms with Crippen LogP contribution < -0.4 is 0 Å². The molecule has 0 unspecified atom stereocenters. The van der Waals surface area contributed by atoms with Crippen molar-refractivity contribution < 1.29 is 9.47 Å². The largest absolute Gasteiger partial charge is 0.382 e. The highest BCUT2D eigenvalue weighted by molar-refractivity contribution is 6.18. The monoisotopic (exact) mass is 285 g/mol. The highest BCUT2D eigenvalue weighted by Gasteiger charge is 2.05. The minimum atomic E-state index is 0.662. The smallest absolute Gasteiger partial charge is 0.0700 e. The van der Waals surface area contributed by atoms with Crippen molar-refractivity contribution in [1.82, 2.24) is 4.90 Å². The lowest BCUT2D eigenvalue weighted by Gasteiger charge is -2.21. The standard InChI is InChI=1S/C15H24ClNO2/c1-18-12-13-19-11-5-9-17(10-8-16)14-15-6-3-2-4-7-15/h2-4,6-7H,5,8-14H2,1H3. The fourth-order valence-corrected chi connectivity index (χ4v) is 2.10. The van der Waals surface area contributed by atoms with Crippen molar-refractivity contribution in [2.75, 3.05) is 45.9 Å². The summed E-state index contributed by atoms with van der Waals surface area (Å²) in [6.07, 6.45) is 1.02. The molecule has 0 heterocycles. The van der Waals surface area contributed by atoms with Gasteiger partial charge >= 0.3 is 0 Å². The van der Waals surface area contributed by atoms with E-state index in [9.17, 15) is 0 Å². The highest BCUT2D eigenvalue weighted by atomic mass is 35.5. The summed E-state index contributed by atoms with van der Waals surface area (Å²) >= 11 is 5.85. The second-order valence-corrected chi connectivity index (χ2v) is 4.79. The molecule has 4 heteroatoms. The van der Waals surface area contributed by atoms with Crippen LogP contribution in [0.3, 0.4) is 0 Å². The molecule has 0 saturated carbocycles. The van der Waals surface area contributed by atoms with E-state index in [-0.39, 0.29) is 0 Å². The van der Waals surface area contributed by atoms with Gasteiger partial charge in [0, 0.05) is 39.2 Å². The second kappa shape index (κ2) is 11.2. The van der Waals surface area contributed by atoms with Crippen molar-refractivity contribution in [3.05, 3.63) is 35.9 Å². The van der Waals surface area contributed by atoms with Crippen molar-refractivity contribution in [3.8, 4) is 0 Å². The summed E-state index contributed by atoms with van der Waals surface area (Å²) in [5.74, 6) is 0.664. The van der Waals surface area contributed by atoms with E-state index in [4.69, 9.17) is 21.1 Å². The Hall–Kier alpha value is -0.610. The minimum Gasteiger partial charge on any atom is -0.382 e. The SMILES string of the molecule is COCCOCCCN(CCCl)Cc1ccccc1. The van der Waals surface area contributed by atoms with Gasteiger partial charge in [-0.1, -0.05) is 30.3 Å². The van der Waals surface area contributed by atoms with Gasteiger partial charge in [-0.15, -0.1) is 11.6 Å². The molecule has 0 bridgehead atoms. The molecule has 0 fully saturated rings. The van der Waals surface area contributed by atoms with Crippen LogP contribution in [-0.2, 0) is 16.0 Å². The van der Waals surface area contributed by atoms with Gasteiger partial charge in [0.05, 0.1) is 13.2 Å². The molecule has 0 aliphatic heterocycles. The Morgan fingerprint density at radius 2 is 1.84 bits per heavy atom. The Labute approximate surface area is 121 Å². The molecular formula is C15H24ClNO2. The molecule has 0 saturated heterocycles. The molecule has 1 aromatic carbocycles. The van der Waals surface area contributed by atoms with E-state index in [1.165, 1.54) is 5.56 Å². The molecule has 0 N–H and O–H groups in total. The number of methoxy groups -OCH3 is 1. The Morgan fingerprint density at radius 3 is 2.53 bits per heavy atom. The van der Waals surface area contributed by atoms with Crippen LogP contribution in [0, 0.1) is 0 Å². The van der Waals surface area contributed by atoms with Gasteiger partial charge in [-0.2, -0.15) is 0 Å². The van der Waals surface area contributed by atoms with E-state index in [2.05, 4.69) is 29.2 Å². The average Bonchev–Trinajstić information content (AvgIpc) is 2.44. The molecule has 1 rings (SSSR count). The number of benzene rings is 1. The molecular weight excluding hydrogens is 262 g/mol. The fraction of sp³-hybridized carbons (Fsp3) is 0.600. The molecule has 3 nitrogen and oxygen atoms in total. The summed E-state index contributed by atoms with van der Waals surface area (Å²) in [6, 6.07) is 10.5. The van der Waals surface area contributed by atoms with Crippen molar-refractivity contribution in [1.29, 1.82) is 0 Å². The van der Waals surface area contributed by atoms with Crippen LogP contribution in [-0.4, -0.2) is 50.8 Å². The summed E-state index contributed by atoms with van der Waals surface area (Å²) in [5, 5.41) is 0. The quantitative estimate of drug-likeness (QED) is 0.461. The number of alkyl halides is 1.